The molecule has 4 heterocycles. The molecule has 4 N–H and O–H groups in total. The third kappa shape index (κ3) is 6.24. The third-order valence-corrected chi connectivity index (χ3v) is 7.93. The van der Waals surface area contributed by atoms with Gasteiger partial charge in [0, 0.05) is 37.5 Å². The smallest absolute Gasteiger partial charge is 0.429 e. The summed E-state index contributed by atoms with van der Waals surface area (Å²) in [5.41, 5.74) is 7.41. The summed E-state index contributed by atoms with van der Waals surface area (Å²) < 4.78 is 50.9. The van der Waals surface area contributed by atoms with Crippen molar-refractivity contribution in [3.63, 3.8) is 0 Å². The summed E-state index contributed by atoms with van der Waals surface area (Å²) in [4.78, 5) is 21.6. The van der Waals surface area contributed by atoms with Crippen molar-refractivity contribution < 1.29 is 27.8 Å². The number of carboxylic acid groups (broad SMARTS) is 1. The first-order valence-corrected chi connectivity index (χ1v) is 13.7. The lowest BCUT2D eigenvalue weighted by atomic mass is 9.76. The number of benzene rings is 1. The molecule has 220 valence electrons. The average Bonchev–Trinajstić information content (AvgIpc) is 3.53. The molecule has 1 aromatic carbocycles. The summed E-state index contributed by atoms with van der Waals surface area (Å²) in [7, 11) is 0. The highest BCUT2D eigenvalue weighted by Gasteiger charge is 2.46. The molecule has 2 saturated heterocycles. The van der Waals surface area contributed by atoms with E-state index in [9.17, 15) is 23.1 Å². The number of nitrogens with two attached hydrogens (primary N) is 1. The van der Waals surface area contributed by atoms with E-state index in [1.807, 2.05) is 11.8 Å². The monoisotopic (exact) mass is 573 g/mol. The van der Waals surface area contributed by atoms with Crippen molar-refractivity contribution in [2.75, 3.05) is 30.3 Å². The van der Waals surface area contributed by atoms with Crippen LogP contribution in [0, 0.1) is 12.3 Å². The van der Waals surface area contributed by atoms with E-state index in [1.54, 1.807) is 31.3 Å². The number of rotatable bonds is 8. The standard InChI is InChI=1S/C28H34F3N7O3/c1-3-4-18-5-6-21(38-10-7-17(2)36-38)19(13-18)24(28(29,30)31)41-23-14-22(34-26(32)35-23)37-11-8-27(9-12-37)15-20(25(39)40)33-16-27/h5-7,10,13-14,20,24,33H,3-4,8-9,11-12,15-16H2,1-2H3,(H,39,40)(H2,32,34,35)/t20-,24+/m0/s1. The van der Waals surface area contributed by atoms with Gasteiger partial charge in [-0.1, -0.05) is 19.4 Å². The van der Waals surface area contributed by atoms with Gasteiger partial charge in [-0.2, -0.15) is 28.2 Å². The van der Waals surface area contributed by atoms with Gasteiger partial charge in [0.2, 0.25) is 17.9 Å². The van der Waals surface area contributed by atoms with Crippen LogP contribution in [0.15, 0.2) is 36.5 Å². The van der Waals surface area contributed by atoms with E-state index in [2.05, 4.69) is 20.4 Å². The highest BCUT2D eigenvalue weighted by atomic mass is 19.4. The predicted octanol–water partition coefficient (Wildman–Crippen LogP) is 4.22. The molecule has 2 atom stereocenters. The van der Waals surface area contributed by atoms with Gasteiger partial charge in [-0.05, 0) is 61.8 Å². The van der Waals surface area contributed by atoms with Gasteiger partial charge in [-0.25, -0.2) is 4.68 Å². The van der Waals surface area contributed by atoms with Crippen molar-refractivity contribution in [1.82, 2.24) is 25.1 Å². The zero-order valence-corrected chi connectivity index (χ0v) is 23.0. The third-order valence-electron chi connectivity index (χ3n) is 7.93. The van der Waals surface area contributed by atoms with E-state index in [-0.39, 0.29) is 28.5 Å². The number of aromatic nitrogens is 4. The summed E-state index contributed by atoms with van der Waals surface area (Å²) in [5, 5.41) is 16.8. The molecule has 3 aromatic rings. The Hall–Kier alpha value is -3.87. The minimum absolute atomic E-state index is 0.0769. The van der Waals surface area contributed by atoms with E-state index < -0.39 is 24.3 Å². The number of nitrogens with zero attached hydrogens (tertiary/aromatic N) is 5. The first kappa shape index (κ1) is 28.7. The Morgan fingerprint density at radius 3 is 2.61 bits per heavy atom. The molecule has 0 aliphatic carbocycles. The highest BCUT2D eigenvalue weighted by molar-refractivity contribution is 5.74. The molecular weight excluding hydrogens is 539 g/mol. The Balaban J connectivity index is 1.42. The minimum Gasteiger partial charge on any atom is -0.480 e. The van der Waals surface area contributed by atoms with Crippen molar-refractivity contribution in [3.8, 4) is 11.6 Å². The molecule has 0 amide bonds. The van der Waals surface area contributed by atoms with Crippen LogP contribution in [0.25, 0.3) is 5.69 Å². The van der Waals surface area contributed by atoms with Gasteiger partial charge >= 0.3 is 12.1 Å². The van der Waals surface area contributed by atoms with Crippen LogP contribution in [0.5, 0.6) is 5.88 Å². The number of aryl methyl sites for hydroxylation is 2. The lowest BCUT2D eigenvalue weighted by Crippen LogP contribution is -2.41. The molecule has 13 heteroatoms. The summed E-state index contributed by atoms with van der Waals surface area (Å²) in [6.07, 6.45) is -2.13. The fraction of sp³-hybridized carbons (Fsp3) is 0.500. The zero-order valence-electron chi connectivity index (χ0n) is 23.0. The number of hydrogen-bond acceptors (Lipinski definition) is 8. The Morgan fingerprint density at radius 2 is 2.00 bits per heavy atom. The second-order valence-electron chi connectivity index (χ2n) is 11.0. The predicted molar refractivity (Wildman–Crippen MR) is 146 cm³/mol. The van der Waals surface area contributed by atoms with Crippen LogP contribution in [0.2, 0.25) is 0 Å². The maximum absolute atomic E-state index is 14.6. The van der Waals surface area contributed by atoms with Crippen molar-refractivity contribution in [1.29, 1.82) is 0 Å². The number of nitrogen functional groups attached to an aromatic ring is 1. The van der Waals surface area contributed by atoms with Gasteiger partial charge < -0.3 is 25.8 Å². The first-order chi connectivity index (χ1) is 19.5. The summed E-state index contributed by atoms with van der Waals surface area (Å²) in [5.74, 6) is -0.978. The van der Waals surface area contributed by atoms with Crippen LogP contribution in [-0.2, 0) is 11.2 Å². The van der Waals surface area contributed by atoms with Gasteiger partial charge in [-0.3, -0.25) is 4.79 Å². The number of piperidine rings is 1. The van der Waals surface area contributed by atoms with Gasteiger partial charge in [0.15, 0.2) is 0 Å². The van der Waals surface area contributed by atoms with Crippen molar-refractivity contribution in [2.45, 2.75) is 64.3 Å². The Labute approximate surface area is 235 Å². The van der Waals surface area contributed by atoms with E-state index in [0.29, 0.717) is 56.8 Å². The number of nitrogens with one attached hydrogen (secondary N) is 1. The normalized spacial score (nSPS) is 19.4. The van der Waals surface area contributed by atoms with E-state index >= 15 is 0 Å². The van der Waals surface area contributed by atoms with Gasteiger partial charge in [0.05, 0.1) is 11.4 Å². The second kappa shape index (κ2) is 11.2. The number of carboxylic acids is 1. The summed E-state index contributed by atoms with van der Waals surface area (Å²) in [6.45, 7) is 5.44. The topological polar surface area (TPSA) is 131 Å². The number of anilines is 2. The molecule has 10 nitrogen and oxygen atoms in total. The molecule has 5 rings (SSSR count). The number of alkyl halides is 3. The number of halogens is 3. The SMILES string of the molecule is CCCc1ccc(-n2ccc(C)n2)c([C@@H](Oc2cc(N3CCC4(CC3)CN[C@H](C(=O)O)C4)nc(N)n2)C(F)(F)F)c1. The molecule has 41 heavy (non-hydrogen) atoms. The van der Waals surface area contributed by atoms with Crippen LogP contribution in [0.4, 0.5) is 24.9 Å². The van der Waals surface area contributed by atoms with Gasteiger partial charge in [0.25, 0.3) is 0 Å². The van der Waals surface area contributed by atoms with Crippen molar-refractivity contribution in [3.05, 3.63) is 53.3 Å². The van der Waals surface area contributed by atoms with E-state index in [1.165, 1.54) is 16.8 Å². The molecule has 2 aliphatic heterocycles. The number of aliphatic carboxylic acids is 1. The Morgan fingerprint density at radius 1 is 1.24 bits per heavy atom. The lowest BCUT2D eigenvalue weighted by Gasteiger charge is -2.39. The summed E-state index contributed by atoms with van der Waals surface area (Å²) >= 11 is 0. The van der Waals surface area contributed by atoms with Crippen molar-refractivity contribution >= 4 is 17.7 Å². The van der Waals surface area contributed by atoms with Crippen LogP contribution in [0.3, 0.4) is 0 Å². The molecule has 2 aliphatic rings. The number of carbonyl (C=O) groups is 1. The van der Waals surface area contributed by atoms with Crippen LogP contribution < -0.4 is 20.7 Å². The second-order valence-corrected chi connectivity index (χ2v) is 11.0. The molecule has 0 unspecified atom stereocenters. The van der Waals surface area contributed by atoms with Crippen LogP contribution in [-0.4, -0.2) is 62.7 Å². The van der Waals surface area contributed by atoms with Gasteiger partial charge in [-0.15, -0.1) is 0 Å². The quantitative estimate of drug-likeness (QED) is 0.362. The van der Waals surface area contributed by atoms with E-state index in [4.69, 9.17) is 10.5 Å². The molecule has 0 radical (unpaired) electrons. The number of ether oxygens (including phenoxy) is 1. The molecule has 2 fully saturated rings. The highest BCUT2D eigenvalue weighted by Crippen LogP contribution is 2.42. The molecule has 0 saturated carbocycles. The van der Waals surface area contributed by atoms with Crippen LogP contribution >= 0.6 is 0 Å². The van der Waals surface area contributed by atoms with Crippen molar-refractivity contribution in [2.24, 2.45) is 5.41 Å². The maximum atomic E-state index is 14.6. The summed E-state index contributed by atoms with van der Waals surface area (Å²) in [6, 6.07) is 7.48. The molecular formula is C28H34F3N7O3. The Bertz CT molecular complexity index is 1400. The number of hydrogen-bond donors (Lipinski definition) is 3. The molecule has 1 spiro atoms. The maximum Gasteiger partial charge on any atom is 0.429 e. The lowest BCUT2D eigenvalue weighted by molar-refractivity contribution is -0.198. The first-order valence-electron chi connectivity index (χ1n) is 13.7. The van der Waals surface area contributed by atoms with Crippen LogP contribution in [0.1, 0.15) is 55.5 Å². The fourth-order valence-electron chi connectivity index (χ4n) is 5.78. The van der Waals surface area contributed by atoms with Gasteiger partial charge in [0.1, 0.15) is 11.9 Å². The Kier molecular flexibility index (Phi) is 7.82. The molecule has 2 aromatic heterocycles. The fourth-order valence-corrected chi connectivity index (χ4v) is 5.78. The zero-order chi connectivity index (χ0) is 29.4. The average molecular weight is 574 g/mol. The molecule has 0 bridgehead atoms. The minimum atomic E-state index is -4.77. The van der Waals surface area contributed by atoms with E-state index in [0.717, 1.165) is 12.0 Å². The largest absolute Gasteiger partial charge is 0.480 e.